The van der Waals surface area contributed by atoms with Gasteiger partial charge in [0.2, 0.25) is 10.0 Å². The maximum Gasteiger partial charge on any atom is 0.244 e. The van der Waals surface area contributed by atoms with Gasteiger partial charge in [-0.15, -0.1) is 0 Å². The number of hydrogen-bond donors (Lipinski definition) is 1. The highest BCUT2D eigenvalue weighted by molar-refractivity contribution is 7.89. The van der Waals surface area contributed by atoms with E-state index < -0.39 is 10.0 Å². The third kappa shape index (κ3) is 3.23. The summed E-state index contributed by atoms with van der Waals surface area (Å²) in [6.45, 7) is 1.56. The van der Waals surface area contributed by atoms with Crippen LogP contribution in [0.4, 0.5) is 0 Å². The number of halogens is 2. The van der Waals surface area contributed by atoms with E-state index in [1.807, 2.05) is 0 Å². The van der Waals surface area contributed by atoms with Crippen molar-refractivity contribution in [2.75, 3.05) is 19.6 Å². The smallest absolute Gasteiger partial charge is 0.244 e. The van der Waals surface area contributed by atoms with Crippen LogP contribution >= 0.6 is 23.2 Å². The molecule has 1 heterocycles. The summed E-state index contributed by atoms with van der Waals surface area (Å²) < 4.78 is 26.5. The first-order chi connectivity index (χ1) is 8.95. The van der Waals surface area contributed by atoms with Crippen LogP contribution in [0.1, 0.15) is 12.8 Å². The van der Waals surface area contributed by atoms with Crippen molar-refractivity contribution in [3.05, 3.63) is 28.2 Å². The lowest BCUT2D eigenvalue weighted by atomic mass is 9.99. The Labute approximate surface area is 123 Å². The summed E-state index contributed by atoms with van der Waals surface area (Å²) >= 11 is 11.8. The van der Waals surface area contributed by atoms with Crippen molar-refractivity contribution in [2.24, 2.45) is 11.7 Å². The molecule has 0 radical (unpaired) electrons. The van der Waals surface area contributed by atoms with Crippen molar-refractivity contribution < 1.29 is 8.42 Å². The molecule has 0 aromatic heterocycles. The average Bonchev–Trinajstić information content (AvgIpc) is 2.41. The van der Waals surface area contributed by atoms with Crippen LogP contribution in [0, 0.1) is 5.92 Å². The first kappa shape index (κ1) is 15.1. The van der Waals surface area contributed by atoms with Gasteiger partial charge in [0.05, 0.1) is 5.02 Å². The number of hydrogen-bond acceptors (Lipinski definition) is 3. The van der Waals surface area contributed by atoms with E-state index in [-0.39, 0.29) is 9.92 Å². The van der Waals surface area contributed by atoms with Crippen LogP contribution in [0.3, 0.4) is 0 Å². The summed E-state index contributed by atoms with van der Waals surface area (Å²) in [5, 5.41) is 0.560. The fraction of sp³-hybridized carbons (Fsp3) is 0.500. The predicted octanol–water partition coefficient (Wildman–Crippen LogP) is 2.35. The molecule has 19 heavy (non-hydrogen) atoms. The summed E-state index contributed by atoms with van der Waals surface area (Å²) in [7, 11) is -3.57. The van der Waals surface area contributed by atoms with Gasteiger partial charge in [-0.2, -0.15) is 4.31 Å². The van der Waals surface area contributed by atoms with Gasteiger partial charge in [0, 0.05) is 18.1 Å². The number of rotatable bonds is 3. The minimum Gasteiger partial charge on any atom is -0.330 e. The van der Waals surface area contributed by atoms with Gasteiger partial charge in [-0.05, 0) is 43.5 Å². The van der Waals surface area contributed by atoms with Crippen LogP contribution in [0.15, 0.2) is 23.1 Å². The molecule has 0 bridgehead atoms. The highest BCUT2D eigenvalue weighted by Gasteiger charge is 2.30. The summed E-state index contributed by atoms with van der Waals surface area (Å²) in [4.78, 5) is 0.0767. The molecule has 1 aliphatic heterocycles. The largest absolute Gasteiger partial charge is 0.330 e. The van der Waals surface area contributed by atoms with Gasteiger partial charge in [0.25, 0.3) is 0 Å². The van der Waals surface area contributed by atoms with Crippen LogP contribution in [0.25, 0.3) is 0 Å². The third-order valence-corrected chi connectivity index (χ3v) is 6.03. The molecule has 2 N–H and O–H groups in total. The molecule has 7 heteroatoms. The van der Waals surface area contributed by atoms with Gasteiger partial charge < -0.3 is 5.73 Å². The fourth-order valence-corrected chi connectivity index (χ4v) is 4.41. The lowest BCUT2D eigenvalue weighted by Gasteiger charge is -2.30. The number of nitrogens with zero attached hydrogens (tertiary/aromatic N) is 1. The van der Waals surface area contributed by atoms with Gasteiger partial charge in [0.1, 0.15) is 4.90 Å². The third-order valence-electron chi connectivity index (χ3n) is 3.42. The van der Waals surface area contributed by atoms with Crippen LogP contribution in [0.2, 0.25) is 10.0 Å². The highest BCUT2D eigenvalue weighted by Crippen LogP contribution is 2.30. The maximum atomic E-state index is 12.5. The zero-order chi connectivity index (χ0) is 14.0. The molecule has 0 unspecified atom stereocenters. The number of piperidine rings is 1. The molecule has 0 spiro atoms. The fourth-order valence-electron chi connectivity index (χ4n) is 2.20. The van der Waals surface area contributed by atoms with Gasteiger partial charge in [-0.3, -0.25) is 0 Å². The lowest BCUT2D eigenvalue weighted by Crippen LogP contribution is -2.40. The molecule has 2 rings (SSSR count). The summed E-state index contributed by atoms with van der Waals surface area (Å²) in [6, 6.07) is 4.47. The summed E-state index contributed by atoms with van der Waals surface area (Å²) in [5.74, 6) is 0.404. The second-order valence-corrected chi connectivity index (χ2v) is 7.41. The van der Waals surface area contributed by atoms with E-state index in [0.717, 1.165) is 12.8 Å². The van der Waals surface area contributed by atoms with E-state index in [1.165, 1.54) is 16.4 Å². The van der Waals surface area contributed by atoms with Gasteiger partial charge in [-0.1, -0.05) is 23.2 Å². The zero-order valence-corrected chi connectivity index (χ0v) is 12.7. The molecular weight excluding hydrogens is 307 g/mol. The Morgan fingerprint density at radius 2 is 1.89 bits per heavy atom. The molecule has 0 amide bonds. The van der Waals surface area contributed by atoms with Crippen LogP contribution < -0.4 is 5.73 Å². The zero-order valence-electron chi connectivity index (χ0n) is 10.4. The monoisotopic (exact) mass is 322 g/mol. The molecule has 0 aliphatic carbocycles. The molecule has 1 fully saturated rings. The van der Waals surface area contributed by atoms with E-state index in [4.69, 9.17) is 28.9 Å². The van der Waals surface area contributed by atoms with E-state index in [0.29, 0.717) is 30.6 Å². The molecule has 1 aliphatic rings. The molecule has 106 valence electrons. The standard InChI is InChI=1S/C12H16Cl2N2O2S/c13-10-1-2-11(14)12(7-10)19(17,18)16-5-3-9(8-15)4-6-16/h1-2,7,9H,3-6,8,15H2. The Hall–Kier alpha value is -0.330. The molecule has 0 saturated carbocycles. The summed E-state index contributed by atoms with van der Waals surface area (Å²) in [5.41, 5.74) is 5.61. The Kier molecular flexibility index (Phi) is 4.74. The first-order valence-electron chi connectivity index (χ1n) is 6.10. The van der Waals surface area contributed by atoms with Crippen molar-refractivity contribution in [1.82, 2.24) is 4.31 Å². The Bertz CT molecular complexity index is 555. The Morgan fingerprint density at radius 1 is 1.26 bits per heavy atom. The topological polar surface area (TPSA) is 63.4 Å². The van der Waals surface area contributed by atoms with Crippen molar-refractivity contribution in [1.29, 1.82) is 0 Å². The van der Waals surface area contributed by atoms with Crippen molar-refractivity contribution >= 4 is 33.2 Å². The molecule has 4 nitrogen and oxygen atoms in total. The van der Waals surface area contributed by atoms with Crippen molar-refractivity contribution in [3.8, 4) is 0 Å². The predicted molar refractivity (Wildman–Crippen MR) is 77.0 cm³/mol. The number of nitrogens with two attached hydrogens (primary N) is 1. The number of benzene rings is 1. The molecule has 1 aromatic carbocycles. The van der Waals surface area contributed by atoms with E-state index in [2.05, 4.69) is 0 Å². The van der Waals surface area contributed by atoms with Gasteiger partial charge in [0.15, 0.2) is 0 Å². The van der Waals surface area contributed by atoms with Crippen LogP contribution in [-0.2, 0) is 10.0 Å². The van der Waals surface area contributed by atoms with Crippen LogP contribution in [-0.4, -0.2) is 32.4 Å². The summed E-state index contributed by atoms with van der Waals surface area (Å²) in [6.07, 6.45) is 1.57. The number of sulfonamides is 1. The Morgan fingerprint density at radius 3 is 2.47 bits per heavy atom. The van der Waals surface area contributed by atoms with Crippen molar-refractivity contribution in [3.63, 3.8) is 0 Å². The van der Waals surface area contributed by atoms with Crippen LogP contribution in [0.5, 0.6) is 0 Å². The maximum absolute atomic E-state index is 12.5. The SMILES string of the molecule is NCC1CCN(S(=O)(=O)c2cc(Cl)ccc2Cl)CC1. The van der Waals surface area contributed by atoms with E-state index in [1.54, 1.807) is 6.07 Å². The van der Waals surface area contributed by atoms with Gasteiger partial charge >= 0.3 is 0 Å². The lowest BCUT2D eigenvalue weighted by molar-refractivity contribution is 0.278. The Balaban J connectivity index is 2.26. The van der Waals surface area contributed by atoms with E-state index in [9.17, 15) is 8.42 Å². The molecule has 0 atom stereocenters. The second kappa shape index (κ2) is 5.97. The average molecular weight is 323 g/mol. The normalized spacial score (nSPS) is 18.7. The minimum atomic E-state index is -3.57. The molecule has 1 aromatic rings. The molecular formula is C12H16Cl2N2O2S. The van der Waals surface area contributed by atoms with Crippen molar-refractivity contribution in [2.45, 2.75) is 17.7 Å². The second-order valence-electron chi connectivity index (χ2n) is 4.66. The highest BCUT2D eigenvalue weighted by atomic mass is 35.5. The van der Waals surface area contributed by atoms with Gasteiger partial charge in [-0.25, -0.2) is 8.42 Å². The quantitative estimate of drug-likeness (QED) is 0.929. The molecule has 1 saturated heterocycles. The van der Waals surface area contributed by atoms with E-state index >= 15 is 0 Å². The minimum absolute atomic E-state index is 0.0767. The first-order valence-corrected chi connectivity index (χ1v) is 8.30.